The molecule has 0 unspecified atom stereocenters. The van der Waals surface area contributed by atoms with E-state index in [-0.39, 0.29) is 5.97 Å². The van der Waals surface area contributed by atoms with Crippen molar-refractivity contribution in [2.75, 3.05) is 6.61 Å². The van der Waals surface area contributed by atoms with Crippen molar-refractivity contribution in [1.29, 1.82) is 0 Å². The molecule has 0 saturated carbocycles. The Balaban J connectivity index is 2.19. The average Bonchev–Trinajstić information content (AvgIpc) is 2.20. The van der Waals surface area contributed by atoms with Gasteiger partial charge in [-0.2, -0.15) is 0 Å². The van der Waals surface area contributed by atoms with Crippen LogP contribution in [0.1, 0.15) is 25.5 Å². The van der Waals surface area contributed by atoms with Crippen LogP contribution in [0.2, 0.25) is 0 Å². The summed E-state index contributed by atoms with van der Waals surface area (Å²) in [6, 6.07) is 1.81. The second kappa shape index (κ2) is 6.07. The zero-order chi connectivity index (χ0) is 10.2. The van der Waals surface area contributed by atoms with Crippen molar-refractivity contribution >= 4 is 5.97 Å². The minimum atomic E-state index is -0.137. The van der Waals surface area contributed by atoms with E-state index in [9.17, 15) is 4.79 Å². The van der Waals surface area contributed by atoms with Crippen LogP contribution in [0.4, 0.5) is 0 Å². The van der Waals surface area contributed by atoms with Gasteiger partial charge in [0, 0.05) is 24.7 Å². The summed E-state index contributed by atoms with van der Waals surface area (Å²) in [5, 5.41) is 0. The van der Waals surface area contributed by atoms with E-state index < -0.39 is 0 Å². The second-order valence-corrected chi connectivity index (χ2v) is 2.92. The Labute approximate surface area is 83.3 Å². The maximum Gasteiger partial charge on any atom is 0.305 e. The lowest BCUT2D eigenvalue weighted by Crippen LogP contribution is -2.07. The molecule has 4 nitrogen and oxygen atoms in total. The maximum atomic E-state index is 11.0. The molecule has 0 amide bonds. The molecule has 1 aromatic heterocycles. The SMILES string of the molecule is CCCC(=O)OCCc1ccncn1. The van der Waals surface area contributed by atoms with E-state index in [1.807, 2.05) is 13.0 Å². The van der Waals surface area contributed by atoms with Crippen LogP contribution in [0.5, 0.6) is 0 Å². The lowest BCUT2D eigenvalue weighted by Gasteiger charge is -2.02. The van der Waals surface area contributed by atoms with Crippen LogP contribution in [0, 0.1) is 0 Å². The van der Waals surface area contributed by atoms with Gasteiger partial charge < -0.3 is 4.74 Å². The van der Waals surface area contributed by atoms with Crippen molar-refractivity contribution in [3.8, 4) is 0 Å². The molecule has 0 aromatic carbocycles. The molecule has 0 aliphatic carbocycles. The van der Waals surface area contributed by atoms with Crippen molar-refractivity contribution in [3.05, 3.63) is 24.3 Å². The Morgan fingerprint density at radius 2 is 2.43 bits per heavy atom. The third-order valence-electron chi connectivity index (χ3n) is 1.72. The molecule has 0 N–H and O–H groups in total. The Kier molecular flexibility index (Phi) is 4.61. The summed E-state index contributed by atoms with van der Waals surface area (Å²) in [6.45, 7) is 2.35. The predicted molar refractivity (Wildman–Crippen MR) is 51.6 cm³/mol. The first-order chi connectivity index (χ1) is 6.83. The smallest absolute Gasteiger partial charge is 0.305 e. The fraction of sp³-hybridized carbons (Fsp3) is 0.500. The minimum Gasteiger partial charge on any atom is -0.465 e. The normalized spacial score (nSPS) is 9.79. The van der Waals surface area contributed by atoms with Crippen LogP contribution < -0.4 is 0 Å². The van der Waals surface area contributed by atoms with Gasteiger partial charge in [-0.05, 0) is 12.5 Å². The summed E-state index contributed by atoms with van der Waals surface area (Å²) in [4.78, 5) is 18.8. The van der Waals surface area contributed by atoms with E-state index in [1.165, 1.54) is 6.33 Å². The quantitative estimate of drug-likeness (QED) is 0.664. The minimum absolute atomic E-state index is 0.137. The van der Waals surface area contributed by atoms with Crippen LogP contribution in [0.25, 0.3) is 0 Å². The number of esters is 1. The highest BCUT2D eigenvalue weighted by Crippen LogP contribution is 1.96. The molecule has 1 aromatic rings. The van der Waals surface area contributed by atoms with E-state index in [2.05, 4.69) is 9.97 Å². The molecule has 0 spiro atoms. The van der Waals surface area contributed by atoms with E-state index in [0.717, 1.165) is 12.1 Å². The third kappa shape index (κ3) is 3.98. The van der Waals surface area contributed by atoms with E-state index >= 15 is 0 Å². The molecule has 4 heteroatoms. The van der Waals surface area contributed by atoms with Gasteiger partial charge in [-0.25, -0.2) is 9.97 Å². The van der Waals surface area contributed by atoms with E-state index in [4.69, 9.17) is 4.74 Å². The highest BCUT2D eigenvalue weighted by molar-refractivity contribution is 5.69. The van der Waals surface area contributed by atoms with Crippen molar-refractivity contribution in [2.24, 2.45) is 0 Å². The molecular formula is C10H14N2O2. The maximum absolute atomic E-state index is 11.0. The van der Waals surface area contributed by atoms with Gasteiger partial charge in [0.25, 0.3) is 0 Å². The van der Waals surface area contributed by atoms with Crippen LogP contribution >= 0.6 is 0 Å². The number of carbonyl (C=O) groups excluding carboxylic acids is 1. The fourth-order valence-electron chi connectivity index (χ4n) is 1.01. The average molecular weight is 194 g/mol. The van der Waals surface area contributed by atoms with E-state index in [0.29, 0.717) is 19.4 Å². The molecular weight excluding hydrogens is 180 g/mol. The highest BCUT2D eigenvalue weighted by atomic mass is 16.5. The van der Waals surface area contributed by atoms with Crippen LogP contribution in [0.3, 0.4) is 0 Å². The van der Waals surface area contributed by atoms with E-state index in [1.54, 1.807) is 6.20 Å². The van der Waals surface area contributed by atoms with Gasteiger partial charge in [-0.1, -0.05) is 6.92 Å². The van der Waals surface area contributed by atoms with Gasteiger partial charge in [0.2, 0.25) is 0 Å². The molecule has 0 aliphatic heterocycles. The largest absolute Gasteiger partial charge is 0.465 e. The first kappa shape index (κ1) is 10.6. The fourth-order valence-corrected chi connectivity index (χ4v) is 1.01. The summed E-state index contributed by atoms with van der Waals surface area (Å²) in [5.41, 5.74) is 0.893. The summed E-state index contributed by atoms with van der Waals surface area (Å²) in [6.07, 6.45) is 5.13. The number of ether oxygens (including phenoxy) is 1. The first-order valence-corrected chi connectivity index (χ1v) is 4.73. The molecule has 1 heterocycles. The standard InChI is InChI=1S/C10H14N2O2/c1-2-3-10(13)14-7-5-9-4-6-11-8-12-9/h4,6,8H,2-3,5,7H2,1H3. The lowest BCUT2D eigenvalue weighted by molar-refractivity contribution is -0.143. The Bertz CT molecular complexity index is 275. The zero-order valence-electron chi connectivity index (χ0n) is 8.27. The van der Waals surface area contributed by atoms with Gasteiger partial charge in [-0.15, -0.1) is 0 Å². The molecule has 0 fully saturated rings. The summed E-state index contributed by atoms with van der Waals surface area (Å²) < 4.78 is 4.99. The number of hydrogen-bond donors (Lipinski definition) is 0. The molecule has 0 aliphatic rings. The van der Waals surface area contributed by atoms with Crippen molar-refractivity contribution < 1.29 is 9.53 Å². The molecule has 0 atom stereocenters. The number of rotatable bonds is 5. The van der Waals surface area contributed by atoms with Crippen LogP contribution in [-0.2, 0) is 16.0 Å². The Morgan fingerprint density at radius 3 is 3.07 bits per heavy atom. The van der Waals surface area contributed by atoms with Crippen LogP contribution in [-0.4, -0.2) is 22.5 Å². The molecule has 76 valence electrons. The monoisotopic (exact) mass is 194 g/mol. The van der Waals surface area contributed by atoms with Crippen molar-refractivity contribution in [3.63, 3.8) is 0 Å². The number of nitrogens with zero attached hydrogens (tertiary/aromatic N) is 2. The zero-order valence-corrected chi connectivity index (χ0v) is 8.27. The molecule has 0 radical (unpaired) electrons. The predicted octanol–water partition coefficient (Wildman–Crippen LogP) is 1.36. The Morgan fingerprint density at radius 1 is 1.57 bits per heavy atom. The summed E-state index contributed by atoms with van der Waals surface area (Å²) in [5.74, 6) is -0.137. The van der Waals surface area contributed by atoms with Gasteiger partial charge >= 0.3 is 5.97 Å². The van der Waals surface area contributed by atoms with Crippen molar-refractivity contribution in [2.45, 2.75) is 26.2 Å². The summed E-state index contributed by atoms with van der Waals surface area (Å²) >= 11 is 0. The molecule has 0 saturated heterocycles. The summed E-state index contributed by atoms with van der Waals surface area (Å²) in [7, 11) is 0. The number of hydrogen-bond acceptors (Lipinski definition) is 4. The molecule has 14 heavy (non-hydrogen) atoms. The Hall–Kier alpha value is -1.45. The van der Waals surface area contributed by atoms with Gasteiger partial charge in [-0.3, -0.25) is 4.79 Å². The number of aromatic nitrogens is 2. The number of carbonyl (C=O) groups is 1. The second-order valence-electron chi connectivity index (χ2n) is 2.92. The van der Waals surface area contributed by atoms with Gasteiger partial charge in [0.05, 0.1) is 6.61 Å². The highest BCUT2D eigenvalue weighted by Gasteiger charge is 2.00. The first-order valence-electron chi connectivity index (χ1n) is 4.73. The van der Waals surface area contributed by atoms with Gasteiger partial charge in [0.15, 0.2) is 0 Å². The molecule has 1 rings (SSSR count). The van der Waals surface area contributed by atoms with Crippen LogP contribution in [0.15, 0.2) is 18.6 Å². The third-order valence-corrected chi connectivity index (χ3v) is 1.72. The van der Waals surface area contributed by atoms with Gasteiger partial charge in [0.1, 0.15) is 6.33 Å². The molecule has 0 bridgehead atoms. The van der Waals surface area contributed by atoms with Crippen molar-refractivity contribution in [1.82, 2.24) is 9.97 Å². The topological polar surface area (TPSA) is 52.1 Å². The lowest BCUT2D eigenvalue weighted by atomic mass is 10.3.